The van der Waals surface area contributed by atoms with Gasteiger partial charge >= 0.3 is 6.18 Å². The molecule has 8 nitrogen and oxygen atoms in total. The molecule has 2 aromatic rings. The number of aromatic nitrogens is 4. The number of halogens is 3. The summed E-state index contributed by atoms with van der Waals surface area (Å²) < 4.78 is 64.6. The lowest BCUT2D eigenvalue weighted by molar-refractivity contribution is -0.140. The average molecular weight is 377 g/mol. The van der Waals surface area contributed by atoms with Gasteiger partial charge in [0.1, 0.15) is 0 Å². The molecular formula is C13H14F3N5O3S. The Labute approximate surface area is 140 Å². The summed E-state index contributed by atoms with van der Waals surface area (Å²) >= 11 is 0. The molecule has 1 heterocycles. The lowest BCUT2D eigenvalue weighted by Crippen LogP contribution is -2.21. The van der Waals surface area contributed by atoms with Gasteiger partial charge in [-0.05, 0) is 34.5 Å². The van der Waals surface area contributed by atoms with E-state index in [0.717, 1.165) is 10.7 Å². The largest absolute Gasteiger partial charge is 0.417 e. The topological polar surface area (TPSA) is 107 Å². The first-order chi connectivity index (χ1) is 11.5. The van der Waals surface area contributed by atoms with Crippen LogP contribution in [-0.2, 0) is 29.5 Å². The van der Waals surface area contributed by atoms with Crippen LogP contribution >= 0.6 is 0 Å². The molecule has 0 fully saturated rings. The number of tetrazole rings is 1. The van der Waals surface area contributed by atoms with E-state index in [2.05, 4.69) is 20.8 Å². The van der Waals surface area contributed by atoms with E-state index in [-0.39, 0.29) is 23.5 Å². The van der Waals surface area contributed by atoms with Gasteiger partial charge < -0.3 is 0 Å². The van der Waals surface area contributed by atoms with E-state index in [1.54, 1.807) is 0 Å². The highest BCUT2D eigenvalue weighted by molar-refractivity contribution is 7.90. The first kappa shape index (κ1) is 18.8. The second-order valence-electron chi connectivity index (χ2n) is 5.17. The van der Waals surface area contributed by atoms with Crippen LogP contribution in [0.4, 0.5) is 19.1 Å². The summed E-state index contributed by atoms with van der Waals surface area (Å²) in [4.78, 5) is 11.5. The van der Waals surface area contributed by atoms with Crippen LogP contribution in [0.1, 0.15) is 28.4 Å². The zero-order valence-electron chi connectivity index (χ0n) is 13.4. The number of rotatable bonds is 4. The minimum Gasteiger partial charge on any atom is -0.289 e. The van der Waals surface area contributed by atoms with Crippen molar-refractivity contribution in [2.75, 3.05) is 11.6 Å². The van der Waals surface area contributed by atoms with Crippen LogP contribution in [0, 0.1) is 0 Å². The number of carbonyl (C=O) groups is 1. The van der Waals surface area contributed by atoms with Crippen LogP contribution in [-0.4, -0.2) is 40.8 Å². The number of sulfone groups is 1. The van der Waals surface area contributed by atoms with E-state index < -0.39 is 32.4 Å². The molecule has 0 bridgehead atoms. The van der Waals surface area contributed by atoms with Gasteiger partial charge in [-0.15, -0.1) is 0 Å². The predicted molar refractivity (Wildman–Crippen MR) is 80.7 cm³/mol. The van der Waals surface area contributed by atoms with Gasteiger partial charge in [0.25, 0.3) is 5.91 Å². The van der Waals surface area contributed by atoms with Crippen molar-refractivity contribution in [2.24, 2.45) is 7.05 Å². The molecule has 0 saturated heterocycles. The van der Waals surface area contributed by atoms with Gasteiger partial charge in [-0.3, -0.25) is 10.1 Å². The maximum Gasteiger partial charge on any atom is 0.417 e. The molecule has 0 atom stereocenters. The predicted octanol–water partition coefficient (Wildman–Crippen LogP) is 1.45. The minimum atomic E-state index is -4.87. The van der Waals surface area contributed by atoms with Crippen LogP contribution < -0.4 is 5.32 Å². The van der Waals surface area contributed by atoms with Crippen LogP contribution in [0.25, 0.3) is 0 Å². The van der Waals surface area contributed by atoms with Gasteiger partial charge in [-0.25, -0.2) is 13.1 Å². The SMILES string of the molecule is CCc1c(C(=O)Nc2nnnn2C)ccc(C(F)(F)F)c1S(C)(=O)=O. The zero-order chi connectivity index (χ0) is 19.0. The number of benzene rings is 1. The van der Waals surface area contributed by atoms with Crippen molar-refractivity contribution in [3.8, 4) is 0 Å². The van der Waals surface area contributed by atoms with E-state index >= 15 is 0 Å². The smallest absolute Gasteiger partial charge is 0.289 e. The highest BCUT2D eigenvalue weighted by Crippen LogP contribution is 2.37. The number of alkyl halides is 3. The molecule has 1 aromatic heterocycles. The number of anilines is 1. The van der Waals surface area contributed by atoms with E-state index in [1.807, 2.05) is 0 Å². The van der Waals surface area contributed by atoms with Crippen molar-refractivity contribution in [2.45, 2.75) is 24.4 Å². The first-order valence-electron chi connectivity index (χ1n) is 6.93. The van der Waals surface area contributed by atoms with Crippen molar-refractivity contribution >= 4 is 21.7 Å². The van der Waals surface area contributed by atoms with E-state index in [1.165, 1.54) is 14.0 Å². The van der Waals surface area contributed by atoms with Crippen molar-refractivity contribution in [3.63, 3.8) is 0 Å². The normalized spacial score (nSPS) is 12.2. The summed E-state index contributed by atoms with van der Waals surface area (Å²) in [6.45, 7) is 1.46. The van der Waals surface area contributed by atoms with Crippen LogP contribution in [0.15, 0.2) is 17.0 Å². The molecule has 12 heteroatoms. The molecule has 0 saturated carbocycles. The fourth-order valence-corrected chi connectivity index (χ4v) is 3.63. The molecule has 1 aromatic carbocycles. The third kappa shape index (κ3) is 3.78. The van der Waals surface area contributed by atoms with Crippen LogP contribution in [0.2, 0.25) is 0 Å². The molecule has 0 aliphatic heterocycles. The van der Waals surface area contributed by atoms with Gasteiger partial charge in [0.2, 0.25) is 5.95 Å². The monoisotopic (exact) mass is 377 g/mol. The number of amides is 1. The fourth-order valence-electron chi connectivity index (χ4n) is 2.34. The Morgan fingerprint density at radius 3 is 2.40 bits per heavy atom. The summed E-state index contributed by atoms with van der Waals surface area (Å²) in [7, 11) is -2.78. The lowest BCUT2D eigenvalue weighted by Gasteiger charge is -2.18. The van der Waals surface area contributed by atoms with E-state index in [4.69, 9.17) is 0 Å². The van der Waals surface area contributed by atoms with Gasteiger partial charge in [0.05, 0.1) is 10.5 Å². The molecule has 0 radical (unpaired) electrons. The number of hydrogen-bond acceptors (Lipinski definition) is 6. The van der Waals surface area contributed by atoms with Gasteiger partial charge in [-0.2, -0.15) is 13.2 Å². The summed E-state index contributed by atoms with van der Waals surface area (Å²) in [5.74, 6) is -0.846. The lowest BCUT2D eigenvalue weighted by atomic mass is 10.0. The van der Waals surface area contributed by atoms with Crippen molar-refractivity contribution in [1.29, 1.82) is 0 Å². The Bertz CT molecular complexity index is 921. The van der Waals surface area contributed by atoms with Gasteiger partial charge in [0, 0.05) is 18.9 Å². The Morgan fingerprint density at radius 2 is 1.96 bits per heavy atom. The number of hydrogen-bond donors (Lipinski definition) is 1. The Balaban J connectivity index is 2.64. The molecule has 1 N–H and O–H groups in total. The molecule has 2 rings (SSSR count). The van der Waals surface area contributed by atoms with Crippen molar-refractivity contribution < 1.29 is 26.4 Å². The third-order valence-corrected chi connectivity index (χ3v) is 4.59. The standard InChI is InChI=1S/C13H14F3N5O3S/c1-4-7-8(11(22)17-12-18-19-20-21(12)2)5-6-9(13(14,15)16)10(7)25(3,23)24/h5-6H,4H2,1-3H3,(H,17,18,20,22). The molecule has 25 heavy (non-hydrogen) atoms. The quantitative estimate of drug-likeness (QED) is 0.864. The number of nitrogens with zero attached hydrogens (tertiary/aromatic N) is 4. The van der Waals surface area contributed by atoms with Gasteiger partial charge in [-0.1, -0.05) is 12.0 Å². The van der Waals surface area contributed by atoms with Crippen LogP contribution in [0.3, 0.4) is 0 Å². The zero-order valence-corrected chi connectivity index (χ0v) is 14.2. The van der Waals surface area contributed by atoms with Crippen LogP contribution in [0.5, 0.6) is 0 Å². The fraction of sp³-hybridized carbons (Fsp3) is 0.385. The summed E-state index contributed by atoms with van der Waals surface area (Å²) in [5, 5.41) is 12.7. The van der Waals surface area contributed by atoms with Crippen molar-refractivity contribution in [3.05, 3.63) is 28.8 Å². The molecule has 0 aliphatic rings. The number of aryl methyl sites for hydroxylation is 1. The second-order valence-corrected chi connectivity index (χ2v) is 7.12. The van der Waals surface area contributed by atoms with Gasteiger partial charge in [0.15, 0.2) is 9.84 Å². The van der Waals surface area contributed by atoms with E-state index in [0.29, 0.717) is 12.3 Å². The third-order valence-electron chi connectivity index (χ3n) is 3.38. The number of carbonyl (C=O) groups excluding carboxylic acids is 1. The number of nitrogens with one attached hydrogen (secondary N) is 1. The average Bonchev–Trinajstić information content (AvgIpc) is 2.88. The molecular weight excluding hydrogens is 363 g/mol. The first-order valence-corrected chi connectivity index (χ1v) is 8.82. The molecule has 0 aliphatic carbocycles. The highest BCUT2D eigenvalue weighted by Gasteiger charge is 2.38. The summed E-state index contributed by atoms with van der Waals surface area (Å²) in [5.41, 5.74) is -1.72. The molecule has 136 valence electrons. The second kappa shape index (κ2) is 6.43. The highest BCUT2D eigenvalue weighted by atomic mass is 32.2. The maximum atomic E-state index is 13.2. The van der Waals surface area contributed by atoms with E-state index in [9.17, 15) is 26.4 Å². The molecule has 0 unspecified atom stereocenters. The minimum absolute atomic E-state index is 0.0344. The molecule has 0 spiro atoms. The molecule has 1 amide bonds. The Hall–Kier alpha value is -2.50. The Kier molecular flexibility index (Phi) is 4.84. The summed E-state index contributed by atoms with van der Waals surface area (Å²) in [6, 6.07) is 1.52. The Morgan fingerprint density at radius 1 is 1.32 bits per heavy atom. The maximum absolute atomic E-state index is 13.2. The summed E-state index contributed by atoms with van der Waals surface area (Å²) in [6.07, 6.45) is -4.29. The van der Waals surface area contributed by atoms with Crippen molar-refractivity contribution in [1.82, 2.24) is 20.2 Å².